The van der Waals surface area contributed by atoms with Crippen molar-refractivity contribution in [3.05, 3.63) is 88.8 Å². The van der Waals surface area contributed by atoms with Crippen molar-refractivity contribution in [2.24, 2.45) is 0 Å². The van der Waals surface area contributed by atoms with Crippen LogP contribution in [0.4, 0.5) is 0 Å². The number of aliphatic hydroxyl groups excluding tert-OH is 1. The van der Waals surface area contributed by atoms with Crippen LogP contribution in [0.15, 0.2) is 66.9 Å². The fourth-order valence-electron chi connectivity index (χ4n) is 3.35. The van der Waals surface area contributed by atoms with Crippen molar-refractivity contribution in [2.75, 3.05) is 0 Å². The van der Waals surface area contributed by atoms with E-state index in [1.165, 1.54) is 0 Å². The summed E-state index contributed by atoms with van der Waals surface area (Å²) in [6, 6.07) is 19.4. The summed E-state index contributed by atoms with van der Waals surface area (Å²) in [5.74, 6) is 0.753. The van der Waals surface area contributed by atoms with E-state index in [9.17, 15) is 5.11 Å². The summed E-state index contributed by atoms with van der Waals surface area (Å²) in [5, 5.41) is 24.2. The molecule has 6 nitrogen and oxygen atoms in total. The van der Waals surface area contributed by atoms with E-state index in [2.05, 4.69) is 21.2 Å². The topological polar surface area (TPSA) is 76.2 Å². The SMILES string of the molecule is OCc1ccc(-c2ccc3nnc(Cc4ccc5ncccc5c4)n3n2)cc1Cl. The molecule has 0 saturated carbocycles. The van der Waals surface area contributed by atoms with Crippen LogP contribution in [0.3, 0.4) is 0 Å². The molecule has 0 aliphatic carbocycles. The van der Waals surface area contributed by atoms with E-state index in [4.69, 9.17) is 16.7 Å². The van der Waals surface area contributed by atoms with Crippen molar-refractivity contribution in [2.45, 2.75) is 13.0 Å². The minimum atomic E-state index is -0.0948. The van der Waals surface area contributed by atoms with Gasteiger partial charge in [-0.15, -0.1) is 10.2 Å². The number of pyridine rings is 1. The Morgan fingerprint density at radius 3 is 2.76 bits per heavy atom. The lowest BCUT2D eigenvalue weighted by atomic mass is 10.1. The number of nitrogens with zero attached hydrogens (tertiary/aromatic N) is 5. The van der Waals surface area contributed by atoms with Crippen LogP contribution in [0.5, 0.6) is 0 Å². The van der Waals surface area contributed by atoms with Gasteiger partial charge in [-0.2, -0.15) is 9.61 Å². The van der Waals surface area contributed by atoms with Crippen LogP contribution in [0, 0.1) is 0 Å². The van der Waals surface area contributed by atoms with Gasteiger partial charge in [-0.25, -0.2) is 0 Å². The van der Waals surface area contributed by atoms with Crippen molar-refractivity contribution < 1.29 is 5.11 Å². The normalized spacial score (nSPS) is 11.4. The van der Waals surface area contributed by atoms with Gasteiger partial charge in [0, 0.05) is 28.6 Å². The fraction of sp³-hybridized carbons (Fsp3) is 0.0909. The van der Waals surface area contributed by atoms with Gasteiger partial charge >= 0.3 is 0 Å². The van der Waals surface area contributed by atoms with Crippen LogP contribution < -0.4 is 0 Å². The van der Waals surface area contributed by atoms with Crippen molar-refractivity contribution >= 4 is 28.2 Å². The van der Waals surface area contributed by atoms with E-state index in [-0.39, 0.29) is 6.61 Å². The predicted octanol–water partition coefficient (Wildman–Crippen LogP) is 4.08. The Balaban J connectivity index is 1.53. The summed E-state index contributed by atoms with van der Waals surface area (Å²) in [6.07, 6.45) is 2.39. The second-order valence-electron chi connectivity index (χ2n) is 6.78. The van der Waals surface area contributed by atoms with Crippen LogP contribution in [0.2, 0.25) is 5.02 Å². The lowest BCUT2D eigenvalue weighted by Crippen LogP contribution is -2.01. The third kappa shape index (κ3) is 3.33. The second-order valence-corrected chi connectivity index (χ2v) is 7.18. The largest absolute Gasteiger partial charge is 0.392 e. The first-order valence-electron chi connectivity index (χ1n) is 9.16. The van der Waals surface area contributed by atoms with Crippen LogP contribution >= 0.6 is 11.6 Å². The number of rotatable bonds is 4. The van der Waals surface area contributed by atoms with Gasteiger partial charge in [0.25, 0.3) is 0 Å². The van der Waals surface area contributed by atoms with E-state index in [1.54, 1.807) is 16.8 Å². The first kappa shape index (κ1) is 17.7. The Hall–Kier alpha value is -3.35. The molecule has 7 heteroatoms. The maximum absolute atomic E-state index is 9.31. The van der Waals surface area contributed by atoms with Crippen molar-refractivity contribution in [1.29, 1.82) is 0 Å². The molecule has 3 heterocycles. The third-order valence-corrected chi connectivity index (χ3v) is 5.23. The molecule has 5 rings (SSSR count). The zero-order valence-electron chi connectivity index (χ0n) is 15.3. The summed E-state index contributed by atoms with van der Waals surface area (Å²) >= 11 is 6.24. The number of hydrogen-bond acceptors (Lipinski definition) is 5. The maximum Gasteiger partial charge on any atom is 0.177 e. The minimum absolute atomic E-state index is 0.0948. The van der Waals surface area contributed by atoms with Crippen LogP contribution in [0.1, 0.15) is 17.0 Å². The quantitative estimate of drug-likeness (QED) is 0.491. The van der Waals surface area contributed by atoms with Gasteiger partial charge in [0.2, 0.25) is 0 Å². The van der Waals surface area contributed by atoms with Crippen LogP contribution in [-0.2, 0) is 13.0 Å². The molecule has 29 heavy (non-hydrogen) atoms. The molecule has 0 amide bonds. The van der Waals surface area contributed by atoms with Crippen molar-refractivity contribution in [1.82, 2.24) is 24.8 Å². The van der Waals surface area contributed by atoms with Crippen LogP contribution in [0.25, 0.3) is 27.8 Å². The molecule has 0 bridgehead atoms. The lowest BCUT2D eigenvalue weighted by molar-refractivity contribution is 0.282. The highest BCUT2D eigenvalue weighted by molar-refractivity contribution is 6.31. The number of aliphatic hydroxyl groups is 1. The number of aromatic nitrogens is 5. The van der Waals surface area contributed by atoms with E-state index in [0.717, 1.165) is 33.5 Å². The average molecular weight is 402 g/mol. The van der Waals surface area contributed by atoms with E-state index >= 15 is 0 Å². The molecule has 0 spiro atoms. The Morgan fingerprint density at radius 2 is 1.90 bits per heavy atom. The highest BCUT2D eigenvalue weighted by Gasteiger charge is 2.11. The summed E-state index contributed by atoms with van der Waals surface area (Å²) < 4.78 is 1.76. The number of benzene rings is 2. The van der Waals surface area contributed by atoms with E-state index < -0.39 is 0 Å². The molecule has 0 unspecified atom stereocenters. The molecule has 1 N–H and O–H groups in total. The Labute approximate surface area is 171 Å². The number of halogens is 1. The molecule has 0 atom stereocenters. The van der Waals surface area contributed by atoms with E-state index in [1.807, 2.05) is 48.5 Å². The molecule has 2 aromatic carbocycles. The van der Waals surface area contributed by atoms with Gasteiger partial charge in [-0.1, -0.05) is 35.9 Å². The summed E-state index contributed by atoms with van der Waals surface area (Å²) in [5.41, 5.74) is 5.07. The molecule has 0 fully saturated rings. The van der Waals surface area contributed by atoms with Gasteiger partial charge in [-0.3, -0.25) is 4.98 Å². The Morgan fingerprint density at radius 1 is 0.966 bits per heavy atom. The summed E-state index contributed by atoms with van der Waals surface area (Å²) in [4.78, 5) is 4.36. The Bertz CT molecular complexity index is 1350. The second kappa shape index (κ2) is 7.24. The van der Waals surface area contributed by atoms with Crippen LogP contribution in [-0.4, -0.2) is 29.9 Å². The van der Waals surface area contributed by atoms with Crippen molar-refractivity contribution in [3.63, 3.8) is 0 Å². The highest BCUT2D eigenvalue weighted by Crippen LogP contribution is 2.25. The lowest BCUT2D eigenvalue weighted by Gasteiger charge is -2.06. The molecule has 5 aromatic rings. The first-order valence-corrected chi connectivity index (χ1v) is 9.54. The summed E-state index contributed by atoms with van der Waals surface area (Å²) in [6.45, 7) is -0.0948. The minimum Gasteiger partial charge on any atom is -0.392 e. The monoisotopic (exact) mass is 401 g/mol. The molecule has 0 aliphatic heterocycles. The van der Waals surface area contributed by atoms with E-state index in [0.29, 0.717) is 22.7 Å². The molecule has 0 saturated heterocycles. The van der Waals surface area contributed by atoms with Gasteiger partial charge in [0.1, 0.15) is 0 Å². The molecule has 0 radical (unpaired) electrons. The maximum atomic E-state index is 9.31. The highest BCUT2D eigenvalue weighted by atomic mass is 35.5. The van der Waals surface area contributed by atoms with Gasteiger partial charge < -0.3 is 5.11 Å². The number of hydrogen-bond donors (Lipinski definition) is 1. The molecule has 3 aromatic heterocycles. The zero-order valence-corrected chi connectivity index (χ0v) is 16.1. The number of fused-ring (bicyclic) bond motifs is 2. The average Bonchev–Trinajstić information content (AvgIpc) is 3.15. The molecule has 142 valence electrons. The smallest absolute Gasteiger partial charge is 0.177 e. The molecular formula is C22H16ClN5O. The summed E-state index contributed by atoms with van der Waals surface area (Å²) in [7, 11) is 0. The molecule has 0 aliphatic rings. The predicted molar refractivity (Wildman–Crippen MR) is 112 cm³/mol. The van der Waals surface area contributed by atoms with Gasteiger partial charge in [0.05, 0.1) is 17.8 Å². The van der Waals surface area contributed by atoms with Gasteiger partial charge in [0.15, 0.2) is 11.5 Å². The fourth-order valence-corrected chi connectivity index (χ4v) is 3.59. The Kier molecular flexibility index (Phi) is 4.42. The molecular weight excluding hydrogens is 386 g/mol. The standard InChI is InChI=1S/C22H16ClN5O/c23-18-12-16(4-5-17(18)13-29)20-7-8-21-25-26-22(28(21)27-20)11-14-3-6-19-15(10-14)2-1-9-24-19/h1-10,12,29H,11,13H2. The van der Waals surface area contributed by atoms with Gasteiger partial charge in [-0.05, 0) is 47.5 Å². The first-order chi connectivity index (χ1) is 14.2. The van der Waals surface area contributed by atoms with Crippen molar-refractivity contribution in [3.8, 4) is 11.3 Å². The zero-order chi connectivity index (χ0) is 19.8. The third-order valence-electron chi connectivity index (χ3n) is 4.88.